The van der Waals surface area contributed by atoms with Gasteiger partial charge in [-0.15, -0.1) is 0 Å². The van der Waals surface area contributed by atoms with Crippen LogP contribution in [0, 0.1) is 0 Å². The third kappa shape index (κ3) is 5.33. The zero-order chi connectivity index (χ0) is 38.1. The van der Waals surface area contributed by atoms with Crippen molar-refractivity contribution in [3.05, 3.63) is 211 Å². The lowest BCUT2D eigenvalue weighted by molar-refractivity contribution is 0.660. The van der Waals surface area contributed by atoms with Crippen molar-refractivity contribution in [2.45, 2.75) is 19.3 Å². The molecule has 0 radical (unpaired) electrons. The summed E-state index contributed by atoms with van der Waals surface area (Å²) < 4.78 is 6.44. The van der Waals surface area contributed by atoms with Gasteiger partial charge in [-0.1, -0.05) is 166 Å². The van der Waals surface area contributed by atoms with E-state index in [1.54, 1.807) is 0 Å². The molecule has 0 bridgehead atoms. The van der Waals surface area contributed by atoms with Crippen LogP contribution in [0.4, 0.5) is 17.1 Å². The second kappa shape index (κ2) is 13.0. The molecule has 0 amide bonds. The van der Waals surface area contributed by atoms with Crippen molar-refractivity contribution < 1.29 is 4.42 Å². The average Bonchev–Trinajstić information content (AvgIpc) is 3.76. The van der Waals surface area contributed by atoms with Crippen LogP contribution in [0.15, 0.2) is 205 Å². The number of hydrogen-bond donors (Lipinski definition) is 0. The third-order valence-electron chi connectivity index (χ3n) is 12.1. The van der Waals surface area contributed by atoms with E-state index in [4.69, 9.17) is 4.42 Å². The Morgan fingerprint density at radius 3 is 1.96 bits per heavy atom. The van der Waals surface area contributed by atoms with Crippen LogP contribution in [-0.4, -0.2) is 0 Å². The number of hydrogen-bond acceptors (Lipinski definition) is 2. The smallest absolute Gasteiger partial charge is 0.136 e. The first-order valence-electron chi connectivity index (χ1n) is 19.8. The van der Waals surface area contributed by atoms with Crippen molar-refractivity contribution in [1.29, 1.82) is 0 Å². The van der Waals surface area contributed by atoms with E-state index in [0.717, 1.165) is 61.3 Å². The van der Waals surface area contributed by atoms with Crippen molar-refractivity contribution in [1.82, 2.24) is 0 Å². The van der Waals surface area contributed by atoms with Crippen LogP contribution in [0.1, 0.15) is 25.0 Å². The van der Waals surface area contributed by atoms with Crippen molar-refractivity contribution in [2.24, 2.45) is 0 Å². The van der Waals surface area contributed by atoms with Crippen molar-refractivity contribution in [3.8, 4) is 44.5 Å². The van der Waals surface area contributed by atoms with Gasteiger partial charge in [0, 0.05) is 33.1 Å². The van der Waals surface area contributed by atoms with Gasteiger partial charge in [0.1, 0.15) is 11.2 Å². The van der Waals surface area contributed by atoms with E-state index in [1.807, 2.05) is 6.07 Å². The zero-order valence-corrected chi connectivity index (χ0v) is 31.9. The molecule has 57 heavy (non-hydrogen) atoms. The highest BCUT2D eigenvalue weighted by Crippen LogP contribution is 2.52. The van der Waals surface area contributed by atoms with Gasteiger partial charge in [0.15, 0.2) is 0 Å². The molecule has 0 spiro atoms. The molecular formula is C55H39NO. The molecule has 0 saturated carbocycles. The van der Waals surface area contributed by atoms with Gasteiger partial charge >= 0.3 is 0 Å². The van der Waals surface area contributed by atoms with Gasteiger partial charge in [-0.05, 0) is 109 Å². The Bertz CT molecular complexity index is 3170. The Labute approximate surface area is 332 Å². The van der Waals surface area contributed by atoms with E-state index in [0.29, 0.717) is 0 Å². The molecule has 0 fully saturated rings. The van der Waals surface area contributed by atoms with Gasteiger partial charge in [0.25, 0.3) is 0 Å². The Morgan fingerprint density at radius 1 is 0.404 bits per heavy atom. The summed E-state index contributed by atoms with van der Waals surface area (Å²) in [4.78, 5) is 2.48. The molecule has 2 nitrogen and oxygen atoms in total. The van der Waals surface area contributed by atoms with Crippen LogP contribution in [0.2, 0.25) is 0 Å². The quantitative estimate of drug-likeness (QED) is 0.169. The van der Waals surface area contributed by atoms with E-state index in [-0.39, 0.29) is 5.41 Å². The summed E-state index contributed by atoms with van der Waals surface area (Å²) in [5.41, 5.74) is 17.3. The first kappa shape index (κ1) is 33.2. The lowest BCUT2D eigenvalue weighted by Crippen LogP contribution is -2.17. The summed E-state index contributed by atoms with van der Waals surface area (Å²) >= 11 is 0. The molecule has 0 N–H and O–H groups in total. The zero-order valence-electron chi connectivity index (χ0n) is 31.9. The fourth-order valence-electron chi connectivity index (χ4n) is 9.31. The second-order valence-electron chi connectivity index (χ2n) is 15.7. The number of anilines is 3. The molecular weight excluding hydrogens is 691 g/mol. The number of benzene rings is 9. The first-order chi connectivity index (χ1) is 28.0. The van der Waals surface area contributed by atoms with Crippen molar-refractivity contribution in [3.63, 3.8) is 0 Å². The summed E-state index contributed by atoms with van der Waals surface area (Å²) in [5.74, 6) is 0. The normalized spacial score (nSPS) is 12.9. The standard InChI is InChI=1S/C55H39NO/c1-55(2)48-25-10-8-21-43(48)44-32-31-42(35-49(44)55)56(41-20-12-19-39(34-41)40-30-29-36-15-6-7-18-38(36)33-40)50-26-13-23-45(53(50)37-16-4-3-5-17-37)46-24-14-28-52-54(46)47-22-9-11-27-51(47)57-52/h3-35H,1-2H3. The van der Waals surface area contributed by atoms with Gasteiger partial charge in [-0.3, -0.25) is 0 Å². The topological polar surface area (TPSA) is 16.4 Å². The predicted octanol–water partition coefficient (Wildman–Crippen LogP) is 15.5. The maximum absolute atomic E-state index is 6.44. The van der Waals surface area contributed by atoms with Gasteiger partial charge in [0.2, 0.25) is 0 Å². The van der Waals surface area contributed by atoms with Gasteiger partial charge in [0.05, 0.1) is 5.69 Å². The second-order valence-corrected chi connectivity index (χ2v) is 15.7. The van der Waals surface area contributed by atoms with Gasteiger partial charge in [-0.25, -0.2) is 0 Å². The summed E-state index contributed by atoms with van der Waals surface area (Å²) in [6, 6.07) is 72.8. The molecule has 10 aromatic rings. The minimum Gasteiger partial charge on any atom is -0.456 e. The average molecular weight is 730 g/mol. The molecule has 0 unspecified atom stereocenters. The monoisotopic (exact) mass is 729 g/mol. The van der Waals surface area contributed by atoms with E-state index in [1.165, 1.54) is 44.2 Å². The Balaban J connectivity index is 1.19. The van der Waals surface area contributed by atoms with Crippen molar-refractivity contribution in [2.75, 3.05) is 4.90 Å². The lowest BCUT2D eigenvalue weighted by atomic mass is 9.82. The molecule has 1 aliphatic rings. The number of rotatable bonds is 6. The number of nitrogens with zero attached hydrogens (tertiary/aromatic N) is 1. The Kier molecular flexibility index (Phi) is 7.55. The van der Waals surface area contributed by atoms with Crippen molar-refractivity contribution >= 4 is 49.8 Å². The summed E-state index contributed by atoms with van der Waals surface area (Å²) in [7, 11) is 0. The highest BCUT2D eigenvalue weighted by molar-refractivity contribution is 6.14. The SMILES string of the molecule is CC1(C)c2ccccc2-c2ccc(N(c3cccc(-c4ccc5ccccc5c4)c3)c3cccc(-c4cccc5oc6ccccc6c45)c3-c3ccccc3)cc21. The van der Waals surface area contributed by atoms with Gasteiger partial charge in [-0.2, -0.15) is 0 Å². The van der Waals surface area contributed by atoms with Gasteiger partial charge < -0.3 is 9.32 Å². The molecule has 9 aromatic carbocycles. The minimum absolute atomic E-state index is 0.150. The van der Waals surface area contributed by atoms with E-state index in [9.17, 15) is 0 Å². The van der Waals surface area contributed by atoms with Crippen LogP contribution in [-0.2, 0) is 5.41 Å². The van der Waals surface area contributed by atoms with Crippen LogP contribution in [0.3, 0.4) is 0 Å². The maximum atomic E-state index is 6.44. The summed E-state index contributed by atoms with van der Waals surface area (Å²) in [5, 5.41) is 4.72. The molecule has 0 aliphatic heterocycles. The first-order valence-corrected chi connectivity index (χ1v) is 19.8. The summed E-state index contributed by atoms with van der Waals surface area (Å²) in [6.45, 7) is 4.72. The number of para-hydroxylation sites is 1. The molecule has 270 valence electrons. The Hall–Kier alpha value is -7.16. The van der Waals surface area contributed by atoms with E-state index < -0.39 is 0 Å². The molecule has 0 saturated heterocycles. The molecule has 1 heterocycles. The number of fused-ring (bicyclic) bond motifs is 7. The van der Waals surface area contributed by atoms with Crippen LogP contribution in [0.25, 0.3) is 77.2 Å². The maximum Gasteiger partial charge on any atom is 0.136 e. The minimum atomic E-state index is -0.150. The Morgan fingerprint density at radius 2 is 1.05 bits per heavy atom. The van der Waals surface area contributed by atoms with Crippen LogP contribution in [0.5, 0.6) is 0 Å². The molecule has 1 aromatic heterocycles. The lowest BCUT2D eigenvalue weighted by Gasteiger charge is -2.31. The highest BCUT2D eigenvalue weighted by atomic mass is 16.3. The molecule has 11 rings (SSSR count). The van der Waals surface area contributed by atoms with Crippen LogP contribution >= 0.6 is 0 Å². The van der Waals surface area contributed by atoms with Crippen LogP contribution < -0.4 is 4.90 Å². The summed E-state index contributed by atoms with van der Waals surface area (Å²) in [6.07, 6.45) is 0. The largest absolute Gasteiger partial charge is 0.456 e. The molecule has 1 aliphatic carbocycles. The fraction of sp³-hybridized carbons (Fsp3) is 0.0545. The third-order valence-corrected chi connectivity index (χ3v) is 12.1. The predicted molar refractivity (Wildman–Crippen MR) is 240 cm³/mol. The fourth-order valence-corrected chi connectivity index (χ4v) is 9.31. The molecule has 2 heteroatoms. The van der Waals surface area contributed by atoms with E-state index >= 15 is 0 Å². The number of furan rings is 1. The highest BCUT2D eigenvalue weighted by Gasteiger charge is 2.36. The molecule has 0 atom stereocenters. The van der Waals surface area contributed by atoms with E-state index in [2.05, 4.69) is 213 Å².